The molecular formula is C21H26O7. The number of ether oxygens (including phenoxy) is 2. The van der Waals surface area contributed by atoms with Crippen LogP contribution in [-0.2, 0) is 28.7 Å². The Morgan fingerprint density at radius 1 is 1.25 bits per heavy atom. The number of Topliss-reactive ketones (excluding diaryl/α,β-unsaturated/α-hetero) is 1. The van der Waals surface area contributed by atoms with E-state index in [1.807, 2.05) is 13.8 Å². The van der Waals surface area contributed by atoms with Crippen molar-refractivity contribution in [2.24, 2.45) is 22.7 Å². The first kappa shape index (κ1) is 20.3. The molecule has 0 amide bonds. The second kappa shape index (κ2) is 6.57. The molecule has 1 aliphatic heterocycles. The summed E-state index contributed by atoms with van der Waals surface area (Å²) in [6.07, 6.45) is 2.01. The molecule has 3 rings (SSSR count). The number of allylic oxidation sites excluding steroid dienone is 1. The van der Waals surface area contributed by atoms with Crippen molar-refractivity contribution in [1.29, 1.82) is 0 Å². The lowest BCUT2D eigenvalue weighted by molar-refractivity contribution is -0.151. The third-order valence-electron chi connectivity index (χ3n) is 6.46. The molecule has 0 aromatic carbocycles. The standard InChI is InChI=1S/C21H26O7/c1-10(2)11(18(25)27-5)9-12-13(17(23)24)21-8-6-7-20(3,4)16(21)15(14(12)22)28-19(21)26/h9-10,15-16H,6-8H2,1-5H3,(H,23,24)/b11-9-/t15-,16+,21+/m1/s1. The van der Waals surface area contributed by atoms with E-state index >= 15 is 0 Å². The Morgan fingerprint density at radius 3 is 2.43 bits per heavy atom. The highest BCUT2D eigenvalue weighted by Crippen LogP contribution is 2.63. The largest absolute Gasteiger partial charge is 0.478 e. The summed E-state index contributed by atoms with van der Waals surface area (Å²) in [4.78, 5) is 50.7. The lowest BCUT2D eigenvalue weighted by Gasteiger charge is -2.49. The average Bonchev–Trinajstić information content (AvgIpc) is 2.86. The minimum atomic E-state index is -1.36. The number of hydrogen-bond acceptors (Lipinski definition) is 6. The first-order valence-electron chi connectivity index (χ1n) is 9.52. The van der Waals surface area contributed by atoms with Gasteiger partial charge in [-0.05, 0) is 30.3 Å². The van der Waals surface area contributed by atoms with Crippen molar-refractivity contribution in [2.45, 2.75) is 53.1 Å². The molecule has 152 valence electrons. The van der Waals surface area contributed by atoms with Gasteiger partial charge < -0.3 is 14.6 Å². The molecular weight excluding hydrogens is 364 g/mol. The second-order valence-electron chi connectivity index (χ2n) is 8.82. The Morgan fingerprint density at radius 2 is 1.89 bits per heavy atom. The molecule has 0 spiro atoms. The quantitative estimate of drug-likeness (QED) is 0.580. The van der Waals surface area contributed by atoms with E-state index in [9.17, 15) is 24.3 Å². The van der Waals surface area contributed by atoms with E-state index in [-0.39, 0.29) is 22.6 Å². The van der Waals surface area contributed by atoms with E-state index in [2.05, 4.69) is 0 Å². The summed E-state index contributed by atoms with van der Waals surface area (Å²) in [5.41, 5.74) is -1.97. The summed E-state index contributed by atoms with van der Waals surface area (Å²) in [6.45, 7) is 7.39. The van der Waals surface area contributed by atoms with E-state index in [1.54, 1.807) is 13.8 Å². The predicted molar refractivity (Wildman–Crippen MR) is 98.0 cm³/mol. The number of rotatable bonds is 4. The van der Waals surface area contributed by atoms with Crippen molar-refractivity contribution in [1.82, 2.24) is 0 Å². The first-order valence-corrected chi connectivity index (χ1v) is 9.52. The third kappa shape index (κ3) is 2.63. The van der Waals surface area contributed by atoms with Gasteiger partial charge in [0.25, 0.3) is 0 Å². The summed E-state index contributed by atoms with van der Waals surface area (Å²) in [7, 11) is 1.22. The van der Waals surface area contributed by atoms with Crippen LogP contribution in [0.15, 0.2) is 22.8 Å². The van der Waals surface area contributed by atoms with Gasteiger partial charge in [-0.3, -0.25) is 9.59 Å². The number of carbonyl (C=O) groups is 4. The first-order chi connectivity index (χ1) is 13.0. The van der Waals surface area contributed by atoms with Gasteiger partial charge in [-0.1, -0.05) is 34.1 Å². The van der Waals surface area contributed by atoms with E-state index in [1.165, 1.54) is 13.2 Å². The highest BCUT2D eigenvalue weighted by atomic mass is 16.6. The van der Waals surface area contributed by atoms with Gasteiger partial charge in [-0.25, -0.2) is 9.59 Å². The Hall–Kier alpha value is -2.44. The molecule has 0 aromatic rings. The van der Waals surface area contributed by atoms with Gasteiger partial charge in [0.2, 0.25) is 5.78 Å². The average molecular weight is 390 g/mol. The number of hydrogen-bond donors (Lipinski definition) is 1. The maximum atomic E-state index is 13.3. The zero-order valence-corrected chi connectivity index (χ0v) is 16.8. The fourth-order valence-electron chi connectivity index (χ4n) is 5.27. The summed E-state index contributed by atoms with van der Waals surface area (Å²) < 4.78 is 10.3. The Bertz CT molecular complexity index is 830. The van der Waals surface area contributed by atoms with Crippen LogP contribution in [-0.4, -0.2) is 42.0 Å². The molecule has 2 fully saturated rings. The Balaban J connectivity index is 2.33. The molecule has 1 saturated heterocycles. The number of esters is 2. The molecule has 1 saturated carbocycles. The number of carboxylic acid groups (broad SMARTS) is 1. The maximum Gasteiger partial charge on any atom is 0.334 e. The van der Waals surface area contributed by atoms with Crippen LogP contribution < -0.4 is 0 Å². The minimum Gasteiger partial charge on any atom is -0.478 e. The van der Waals surface area contributed by atoms with E-state index in [0.717, 1.165) is 6.42 Å². The van der Waals surface area contributed by atoms with Crippen LogP contribution in [0.2, 0.25) is 0 Å². The fourth-order valence-corrected chi connectivity index (χ4v) is 5.27. The van der Waals surface area contributed by atoms with Crippen LogP contribution in [0.4, 0.5) is 0 Å². The van der Waals surface area contributed by atoms with Crippen LogP contribution in [0.1, 0.15) is 47.0 Å². The smallest absolute Gasteiger partial charge is 0.334 e. The Labute approximate surface area is 163 Å². The zero-order valence-electron chi connectivity index (χ0n) is 16.8. The molecule has 0 aromatic heterocycles. The minimum absolute atomic E-state index is 0.119. The van der Waals surface area contributed by atoms with Gasteiger partial charge in [0.05, 0.1) is 12.7 Å². The van der Waals surface area contributed by atoms with Crippen molar-refractivity contribution < 1.29 is 33.8 Å². The summed E-state index contributed by atoms with van der Waals surface area (Å²) in [6, 6.07) is 0. The van der Waals surface area contributed by atoms with Gasteiger partial charge >= 0.3 is 17.9 Å². The van der Waals surface area contributed by atoms with Crippen molar-refractivity contribution in [3.8, 4) is 0 Å². The molecule has 28 heavy (non-hydrogen) atoms. The fraction of sp³-hybridized carbons (Fsp3) is 0.619. The molecule has 0 radical (unpaired) electrons. The van der Waals surface area contributed by atoms with Gasteiger partial charge in [-0.15, -0.1) is 0 Å². The molecule has 1 N–H and O–H groups in total. The van der Waals surface area contributed by atoms with Crippen LogP contribution in [0.3, 0.4) is 0 Å². The molecule has 7 nitrogen and oxygen atoms in total. The van der Waals surface area contributed by atoms with Crippen LogP contribution in [0, 0.1) is 22.7 Å². The zero-order chi connectivity index (χ0) is 21.0. The number of aliphatic carboxylic acids is 1. The molecule has 1 heterocycles. The molecule has 2 bridgehead atoms. The normalized spacial score (nSPS) is 31.6. The van der Waals surface area contributed by atoms with Gasteiger partial charge in [0, 0.05) is 17.1 Å². The lowest BCUT2D eigenvalue weighted by atomic mass is 9.49. The molecule has 2 aliphatic carbocycles. The van der Waals surface area contributed by atoms with Crippen molar-refractivity contribution in [3.63, 3.8) is 0 Å². The van der Waals surface area contributed by atoms with E-state index < -0.39 is 46.5 Å². The second-order valence-corrected chi connectivity index (χ2v) is 8.82. The highest BCUT2D eigenvalue weighted by Gasteiger charge is 2.71. The topological polar surface area (TPSA) is 107 Å². The van der Waals surface area contributed by atoms with Crippen LogP contribution in [0.5, 0.6) is 0 Å². The number of ketones is 1. The molecule has 3 atom stereocenters. The van der Waals surface area contributed by atoms with Crippen molar-refractivity contribution >= 4 is 23.7 Å². The lowest BCUT2D eigenvalue weighted by Crippen LogP contribution is -2.54. The molecule has 0 unspecified atom stereocenters. The molecule has 7 heteroatoms. The molecule has 3 aliphatic rings. The number of carboxylic acids is 1. The van der Waals surface area contributed by atoms with Crippen LogP contribution >= 0.6 is 0 Å². The maximum absolute atomic E-state index is 13.3. The van der Waals surface area contributed by atoms with Crippen molar-refractivity contribution in [3.05, 3.63) is 22.8 Å². The van der Waals surface area contributed by atoms with Crippen LogP contribution in [0.25, 0.3) is 0 Å². The Kier molecular flexibility index (Phi) is 4.76. The van der Waals surface area contributed by atoms with Gasteiger partial charge in [-0.2, -0.15) is 0 Å². The highest BCUT2D eigenvalue weighted by molar-refractivity contribution is 6.16. The third-order valence-corrected chi connectivity index (χ3v) is 6.46. The van der Waals surface area contributed by atoms with Gasteiger partial charge in [0.1, 0.15) is 5.41 Å². The SMILES string of the molecule is COC(=O)/C(=C\C1=C(C(=O)O)[C@@]23CCCC(C)(C)[C@@H]2[C@H](OC3=O)C1=O)C(C)C. The summed E-state index contributed by atoms with van der Waals surface area (Å²) in [5.74, 6) is -3.99. The van der Waals surface area contributed by atoms with E-state index in [0.29, 0.717) is 12.8 Å². The monoisotopic (exact) mass is 390 g/mol. The predicted octanol–water partition coefficient (Wildman–Crippen LogP) is 2.44. The summed E-state index contributed by atoms with van der Waals surface area (Å²) >= 11 is 0. The van der Waals surface area contributed by atoms with Gasteiger partial charge in [0.15, 0.2) is 6.10 Å². The number of methoxy groups -OCH3 is 1. The number of carbonyl (C=O) groups excluding carboxylic acids is 3. The van der Waals surface area contributed by atoms with Crippen molar-refractivity contribution in [2.75, 3.05) is 7.11 Å². The summed E-state index contributed by atoms with van der Waals surface area (Å²) in [5, 5.41) is 10.1. The van der Waals surface area contributed by atoms with E-state index in [4.69, 9.17) is 9.47 Å².